The molecule has 0 bridgehead atoms. The normalized spacial score (nSPS) is 15.9. The van der Waals surface area contributed by atoms with E-state index in [9.17, 15) is 18.3 Å². The van der Waals surface area contributed by atoms with E-state index in [0.29, 0.717) is 0 Å². The second-order valence-electron chi connectivity index (χ2n) is 4.14. The first-order chi connectivity index (χ1) is 7.63. The van der Waals surface area contributed by atoms with Gasteiger partial charge in [-0.2, -0.15) is 13.2 Å². The molecule has 1 aromatic rings. The van der Waals surface area contributed by atoms with Gasteiger partial charge in [0.2, 0.25) is 0 Å². The number of hydrogen-bond donors (Lipinski definition) is 2. The van der Waals surface area contributed by atoms with E-state index in [1.165, 1.54) is 12.1 Å². The van der Waals surface area contributed by atoms with E-state index < -0.39 is 17.4 Å². The average molecular weight is 243 g/mol. The number of aliphatic hydroxyl groups is 1. The van der Waals surface area contributed by atoms with Crippen molar-refractivity contribution < 1.29 is 18.3 Å². The third-order valence-electron chi connectivity index (χ3n) is 2.14. The van der Waals surface area contributed by atoms with E-state index in [1.807, 2.05) is 0 Å². The van der Waals surface area contributed by atoms with Crippen LogP contribution in [0.4, 0.5) is 13.2 Å². The van der Waals surface area contributed by atoms with E-state index in [0.717, 1.165) is 12.1 Å². The number of rotatable bonds is 3. The predicted molar refractivity (Wildman–Crippen MR) is 59.4 cm³/mol. The lowest BCUT2D eigenvalue weighted by atomic mass is 9.82. The Hall–Kier alpha value is -1.01. The van der Waals surface area contributed by atoms with Gasteiger partial charge in [0.05, 0.1) is 11.2 Å². The van der Waals surface area contributed by atoms with Crippen molar-refractivity contribution in [2.24, 2.45) is 0 Å². The summed E-state index contributed by atoms with van der Waals surface area (Å²) in [6.07, 6.45) is -4.45. The molecule has 6 heteroatoms. The lowest BCUT2D eigenvalue weighted by Gasteiger charge is -2.29. The predicted octanol–water partition coefficient (Wildman–Crippen LogP) is 1.97. The van der Waals surface area contributed by atoms with Crippen LogP contribution >= 0.6 is 0 Å². The number of alkyl halides is 3. The van der Waals surface area contributed by atoms with Crippen molar-refractivity contribution >= 4 is 7.85 Å². The molecule has 2 N–H and O–H groups in total. The first kappa shape index (κ1) is 14.1. The fourth-order valence-corrected chi connectivity index (χ4v) is 1.46. The van der Waals surface area contributed by atoms with Crippen LogP contribution in [0.25, 0.3) is 0 Å². The minimum Gasteiger partial charge on any atom is -0.381 e. The fourth-order valence-electron chi connectivity index (χ4n) is 1.46. The quantitative estimate of drug-likeness (QED) is 0.628. The van der Waals surface area contributed by atoms with Crippen molar-refractivity contribution in [2.45, 2.75) is 31.7 Å². The molecule has 1 rings (SSSR count). The topological polar surface area (TPSA) is 32.3 Å². The maximum atomic E-state index is 12.5. The zero-order valence-electron chi connectivity index (χ0n) is 9.55. The molecule has 0 aliphatic heterocycles. The second kappa shape index (κ2) is 4.70. The number of nitrogens with one attached hydrogen (secondary N) is 1. The van der Waals surface area contributed by atoms with Crippen molar-refractivity contribution in [1.82, 2.24) is 5.32 Å². The highest BCUT2D eigenvalue weighted by molar-refractivity contribution is 6.14. The highest BCUT2D eigenvalue weighted by Gasteiger charge is 2.32. The molecule has 0 aromatic heterocycles. The SMILES string of the molecule is [B]C(O)(NC(C)C)c1cccc(C(F)(F)F)c1. The van der Waals surface area contributed by atoms with Crippen LogP contribution < -0.4 is 5.32 Å². The summed E-state index contributed by atoms with van der Waals surface area (Å²) in [5.74, 6) is 0. The Morgan fingerprint density at radius 2 is 1.76 bits per heavy atom. The Balaban J connectivity index is 3.07. The van der Waals surface area contributed by atoms with E-state index in [2.05, 4.69) is 5.32 Å². The van der Waals surface area contributed by atoms with Crippen LogP contribution in [-0.4, -0.2) is 19.0 Å². The average Bonchev–Trinajstić information content (AvgIpc) is 2.14. The molecule has 0 fully saturated rings. The molecule has 0 aliphatic rings. The summed E-state index contributed by atoms with van der Waals surface area (Å²) in [7, 11) is 5.53. The number of benzene rings is 1. The van der Waals surface area contributed by atoms with Gasteiger partial charge in [0, 0.05) is 6.04 Å². The van der Waals surface area contributed by atoms with Gasteiger partial charge in [0.25, 0.3) is 0 Å². The molecular formula is C11H13BF3NO. The van der Waals surface area contributed by atoms with Gasteiger partial charge in [-0.05, 0) is 31.5 Å². The molecule has 17 heavy (non-hydrogen) atoms. The van der Waals surface area contributed by atoms with E-state index in [1.54, 1.807) is 13.8 Å². The highest BCUT2D eigenvalue weighted by Crippen LogP contribution is 2.31. The first-order valence-electron chi connectivity index (χ1n) is 5.09. The van der Waals surface area contributed by atoms with Crippen molar-refractivity contribution in [1.29, 1.82) is 0 Å². The lowest BCUT2D eigenvalue weighted by Crippen LogP contribution is -2.46. The van der Waals surface area contributed by atoms with Crippen molar-refractivity contribution in [3.63, 3.8) is 0 Å². The fraction of sp³-hybridized carbons (Fsp3) is 0.455. The monoisotopic (exact) mass is 243 g/mol. The maximum absolute atomic E-state index is 12.5. The molecule has 92 valence electrons. The third kappa shape index (κ3) is 3.75. The van der Waals surface area contributed by atoms with Gasteiger partial charge in [-0.1, -0.05) is 12.1 Å². The molecule has 0 saturated heterocycles. The largest absolute Gasteiger partial charge is 0.416 e. The van der Waals surface area contributed by atoms with Crippen LogP contribution in [0, 0.1) is 0 Å². The van der Waals surface area contributed by atoms with Crippen LogP contribution in [0.5, 0.6) is 0 Å². The standard InChI is InChI=1S/C11H13BF3NO/c1-7(2)16-10(12,17)8-4-3-5-9(6-8)11(13,14)15/h3-7,16-17H,1-2H3. The molecular weight excluding hydrogens is 230 g/mol. The van der Waals surface area contributed by atoms with Gasteiger partial charge in [0.1, 0.15) is 7.85 Å². The molecule has 0 amide bonds. The van der Waals surface area contributed by atoms with Crippen molar-refractivity contribution in [3.8, 4) is 0 Å². The Labute approximate surface area is 99.2 Å². The van der Waals surface area contributed by atoms with Gasteiger partial charge in [0.15, 0.2) is 0 Å². The Morgan fingerprint density at radius 3 is 2.24 bits per heavy atom. The summed E-state index contributed by atoms with van der Waals surface area (Å²) in [6, 6.07) is 4.13. The van der Waals surface area contributed by atoms with Gasteiger partial charge in [-0.25, -0.2) is 0 Å². The molecule has 1 unspecified atom stereocenters. The summed E-state index contributed by atoms with van der Waals surface area (Å²) in [5.41, 5.74) is -2.85. The Morgan fingerprint density at radius 1 is 1.24 bits per heavy atom. The number of hydrogen-bond acceptors (Lipinski definition) is 2. The third-order valence-corrected chi connectivity index (χ3v) is 2.14. The Bertz CT molecular complexity index is 391. The van der Waals surface area contributed by atoms with Gasteiger partial charge >= 0.3 is 6.18 Å². The summed E-state index contributed by atoms with van der Waals surface area (Å²) in [5, 5.41) is 12.4. The molecule has 0 heterocycles. The van der Waals surface area contributed by atoms with E-state index in [-0.39, 0.29) is 11.6 Å². The summed E-state index contributed by atoms with van der Waals surface area (Å²) in [4.78, 5) is 0. The molecule has 1 aromatic carbocycles. The van der Waals surface area contributed by atoms with Gasteiger partial charge in [-0.15, -0.1) is 0 Å². The van der Waals surface area contributed by atoms with Crippen molar-refractivity contribution in [3.05, 3.63) is 35.4 Å². The van der Waals surface area contributed by atoms with Crippen LogP contribution in [0.1, 0.15) is 25.0 Å². The van der Waals surface area contributed by atoms with Gasteiger partial charge in [-0.3, -0.25) is 5.32 Å². The zero-order chi connectivity index (χ0) is 13.3. The highest BCUT2D eigenvalue weighted by atomic mass is 19.4. The minimum atomic E-state index is -4.45. The minimum absolute atomic E-state index is 0.0268. The summed E-state index contributed by atoms with van der Waals surface area (Å²) in [6.45, 7) is 3.46. The molecule has 2 radical (unpaired) electrons. The molecule has 2 nitrogen and oxygen atoms in total. The van der Waals surface area contributed by atoms with Crippen LogP contribution in [0.3, 0.4) is 0 Å². The van der Waals surface area contributed by atoms with Crippen LogP contribution in [0.2, 0.25) is 0 Å². The molecule has 0 spiro atoms. The zero-order valence-corrected chi connectivity index (χ0v) is 9.55. The molecule has 0 saturated carbocycles. The summed E-state index contributed by atoms with van der Waals surface area (Å²) >= 11 is 0. The van der Waals surface area contributed by atoms with Crippen LogP contribution in [0.15, 0.2) is 24.3 Å². The Kier molecular flexibility index (Phi) is 3.89. The number of halogens is 3. The van der Waals surface area contributed by atoms with Crippen LogP contribution in [-0.2, 0) is 11.8 Å². The van der Waals surface area contributed by atoms with Gasteiger partial charge < -0.3 is 5.11 Å². The summed E-state index contributed by atoms with van der Waals surface area (Å²) < 4.78 is 37.4. The lowest BCUT2D eigenvalue weighted by molar-refractivity contribution is -0.137. The maximum Gasteiger partial charge on any atom is 0.416 e. The molecule has 1 atom stereocenters. The molecule has 0 aliphatic carbocycles. The smallest absolute Gasteiger partial charge is 0.381 e. The first-order valence-corrected chi connectivity index (χ1v) is 5.09. The second-order valence-corrected chi connectivity index (χ2v) is 4.14. The van der Waals surface area contributed by atoms with E-state index in [4.69, 9.17) is 7.85 Å². The van der Waals surface area contributed by atoms with Crippen molar-refractivity contribution in [2.75, 3.05) is 0 Å². The van der Waals surface area contributed by atoms with E-state index >= 15 is 0 Å².